The molecule has 35 heavy (non-hydrogen) atoms. The van der Waals surface area contributed by atoms with Crippen molar-refractivity contribution >= 4 is 5.97 Å². The number of fused-ring (bicyclic) bond motifs is 6. The predicted molar refractivity (Wildman–Crippen MR) is 135 cm³/mol. The largest absolute Gasteiger partial charge is 0.481 e. The summed E-state index contributed by atoms with van der Waals surface area (Å²) in [6.07, 6.45) is 10.1. The second kappa shape index (κ2) is 7.45. The maximum atomic E-state index is 12.3. The van der Waals surface area contributed by atoms with Gasteiger partial charge in [-0.15, -0.1) is 0 Å². The van der Waals surface area contributed by atoms with Gasteiger partial charge in [0, 0.05) is 5.41 Å². The lowest BCUT2D eigenvalue weighted by molar-refractivity contribution is -0.198. The van der Waals surface area contributed by atoms with Crippen molar-refractivity contribution in [2.45, 2.75) is 105 Å². The highest BCUT2D eigenvalue weighted by atomic mass is 16.4. The number of hydrogen-bond acceptors (Lipinski definition) is 4. The minimum Gasteiger partial charge on any atom is -0.481 e. The molecule has 0 aromatic carbocycles. The van der Waals surface area contributed by atoms with Crippen molar-refractivity contribution < 1.29 is 25.2 Å². The quantitative estimate of drug-likeness (QED) is 0.435. The summed E-state index contributed by atoms with van der Waals surface area (Å²) in [5, 5.41) is 42.2. The minimum absolute atomic E-state index is 0.00148. The van der Waals surface area contributed by atoms with Crippen LogP contribution in [0.25, 0.3) is 0 Å². The van der Waals surface area contributed by atoms with Crippen LogP contribution in [0.3, 0.4) is 0 Å². The van der Waals surface area contributed by atoms with E-state index in [2.05, 4.69) is 46.8 Å². The normalized spacial score (nSPS) is 55.5. The van der Waals surface area contributed by atoms with Gasteiger partial charge in [-0.1, -0.05) is 52.3 Å². The van der Waals surface area contributed by atoms with Gasteiger partial charge in [0.05, 0.1) is 24.2 Å². The van der Waals surface area contributed by atoms with Crippen molar-refractivity contribution in [1.29, 1.82) is 0 Å². The number of rotatable bonds is 2. The molecule has 0 amide bonds. The number of carboxylic acid groups (broad SMARTS) is 1. The van der Waals surface area contributed by atoms with E-state index in [4.69, 9.17) is 0 Å². The first-order valence-electron chi connectivity index (χ1n) is 13.8. The Morgan fingerprint density at radius 1 is 0.971 bits per heavy atom. The first-order chi connectivity index (χ1) is 16.1. The van der Waals surface area contributed by atoms with Crippen molar-refractivity contribution in [3.05, 3.63) is 23.3 Å². The van der Waals surface area contributed by atoms with Gasteiger partial charge in [0.25, 0.3) is 0 Å². The van der Waals surface area contributed by atoms with E-state index in [1.54, 1.807) is 6.92 Å². The van der Waals surface area contributed by atoms with Gasteiger partial charge in [0.1, 0.15) is 0 Å². The molecule has 5 aliphatic carbocycles. The van der Waals surface area contributed by atoms with Crippen LogP contribution in [-0.4, -0.2) is 45.2 Å². The van der Waals surface area contributed by atoms with E-state index in [9.17, 15) is 25.2 Å². The molecule has 0 aromatic heterocycles. The number of aliphatic hydroxyl groups is 3. The fourth-order valence-electron chi connectivity index (χ4n) is 9.99. The average molecular weight is 487 g/mol. The molecule has 0 saturated heterocycles. The first-order valence-corrected chi connectivity index (χ1v) is 13.8. The van der Waals surface area contributed by atoms with Gasteiger partial charge in [-0.25, -0.2) is 0 Å². The van der Waals surface area contributed by atoms with Crippen molar-refractivity contribution in [3.63, 3.8) is 0 Å². The van der Waals surface area contributed by atoms with Crippen molar-refractivity contribution in [1.82, 2.24) is 0 Å². The smallest absolute Gasteiger partial charge is 0.312 e. The Kier molecular flexibility index (Phi) is 5.42. The van der Waals surface area contributed by atoms with E-state index in [1.807, 2.05) is 0 Å². The molecule has 0 aliphatic heterocycles. The second-order valence-corrected chi connectivity index (χ2v) is 14.5. The molecule has 4 N–H and O–H groups in total. The van der Waals surface area contributed by atoms with Crippen molar-refractivity contribution in [2.75, 3.05) is 6.61 Å². The lowest BCUT2D eigenvalue weighted by atomic mass is 9.35. The van der Waals surface area contributed by atoms with Crippen LogP contribution in [0.15, 0.2) is 23.3 Å². The molecule has 10 atom stereocenters. The Labute approximate surface area is 210 Å². The fourth-order valence-corrected chi connectivity index (χ4v) is 9.99. The molecule has 5 rings (SSSR count). The summed E-state index contributed by atoms with van der Waals surface area (Å²) in [5.41, 5.74) is 0.734. The predicted octanol–water partition coefficient (Wildman–Crippen LogP) is 5.10. The summed E-state index contributed by atoms with van der Waals surface area (Å²) in [6, 6.07) is 0. The van der Waals surface area contributed by atoms with E-state index in [0.29, 0.717) is 18.8 Å². The van der Waals surface area contributed by atoms with Crippen LogP contribution < -0.4 is 0 Å². The third kappa shape index (κ3) is 2.95. The van der Waals surface area contributed by atoms with Crippen LogP contribution in [-0.2, 0) is 4.79 Å². The first kappa shape index (κ1) is 25.5. The SMILES string of the molecule is C[C@@]12CC[C@]3(C)C(=C1C[C@](C)(C(=O)O)[C@H](O)C2)C=C[C@@H]1[C@@]2(C)CC[C@H](O)[C@](C)(CO)[C@@H]2CC[C@]13C. The molecule has 196 valence electrons. The monoisotopic (exact) mass is 486 g/mol. The zero-order valence-electron chi connectivity index (χ0n) is 22.5. The summed E-state index contributed by atoms with van der Waals surface area (Å²) >= 11 is 0. The molecule has 5 heteroatoms. The lowest BCUT2D eigenvalue weighted by Gasteiger charge is -2.69. The molecule has 0 heterocycles. The van der Waals surface area contributed by atoms with Gasteiger partial charge in [0.15, 0.2) is 0 Å². The highest BCUT2D eigenvalue weighted by molar-refractivity contribution is 5.76. The van der Waals surface area contributed by atoms with E-state index in [0.717, 1.165) is 38.5 Å². The third-order valence-corrected chi connectivity index (χ3v) is 13.0. The zero-order chi connectivity index (χ0) is 25.8. The van der Waals surface area contributed by atoms with Crippen LogP contribution in [0.4, 0.5) is 0 Å². The zero-order valence-corrected chi connectivity index (χ0v) is 22.5. The number of carboxylic acids is 1. The molecular formula is C30H46O5. The molecule has 0 spiro atoms. The maximum absolute atomic E-state index is 12.3. The Balaban J connectivity index is 1.65. The summed E-state index contributed by atoms with van der Waals surface area (Å²) in [6.45, 7) is 13.3. The molecule has 5 nitrogen and oxygen atoms in total. The topological polar surface area (TPSA) is 98.0 Å². The highest BCUT2D eigenvalue weighted by Gasteiger charge is 2.67. The Morgan fingerprint density at radius 3 is 2.29 bits per heavy atom. The molecule has 0 bridgehead atoms. The van der Waals surface area contributed by atoms with Gasteiger partial charge in [-0.2, -0.15) is 0 Å². The van der Waals surface area contributed by atoms with Crippen molar-refractivity contribution in [2.24, 2.45) is 44.3 Å². The molecular weight excluding hydrogens is 440 g/mol. The third-order valence-electron chi connectivity index (χ3n) is 13.0. The summed E-state index contributed by atoms with van der Waals surface area (Å²) < 4.78 is 0. The van der Waals surface area contributed by atoms with Gasteiger partial charge < -0.3 is 20.4 Å². The van der Waals surface area contributed by atoms with E-state index >= 15 is 0 Å². The standard InChI is InChI=1S/C30H46O5/c1-25-13-14-29(5)18(19(25)15-27(3,24(34)35)23(33)16-25)7-8-21-26(2)11-10-22(32)28(4,17-31)20(26)9-12-30(21,29)6/h7-8,20-23,31-33H,9-17H2,1-6H3,(H,34,35)/t20-,21-,22+,23-,25+,26+,27+,28-,29-,30-/m1/s1. The summed E-state index contributed by atoms with van der Waals surface area (Å²) in [5.74, 6) is -0.308. The molecule has 3 saturated carbocycles. The van der Waals surface area contributed by atoms with E-state index < -0.39 is 29.0 Å². The van der Waals surface area contributed by atoms with Gasteiger partial charge in [-0.3, -0.25) is 4.79 Å². The number of aliphatic hydroxyl groups excluding tert-OH is 3. The maximum Gasteiger partial charge on any atom is 0.312 e. The van der Waals surface area contributed by atoms with Gasteiger partial charge in [-0.05, 0) is 97.4 Å². The molecule has 0 unspecified atom stereocenters. The second-order valence-electron chi connectivity index (χ2n) is 14.5. The Bertz CT molecular complexity index is 1000. The average Bonchev–Trinajstić information content (AvgIpc) is 2.79. The van der Waals surface area contributed by atoms with E-state index in [1.165, 1.54) is 11.1 Å². The summed E-state index contributed by atoms with van der Waals surface area (Å²) in [4.78, 5) is 12.3. The highest BCUT2D eigenvalue weighted by Crippen LogP contribution is 2.74. The van der Waals surface area contributed by atoms with Gasteiger partial charge >= 0.3 is 5.97 Å². The molecule has 3 fully saturated rings. The van der Waals surface area contributed by atoms with Crippen LogP contribution >= 0.6 is 0 Å². The number of carbonyl (C=O) groups is 1. The molecule has 0 radical (unpaired) electrons. The molecule has 5 aliphatic rings. The Hall–Kier alpha value is -1.17. The van der Waals surface area contributed by atoms with Crippen molar-refractivity contribution in [3.8, 4) is 0 Å². The van der Waals surface area contributed by atoms with Crippen LogP contribution in [0.1, 0.15) is 92.9 Å². The number of hydrogen-bond donors (Lipinski definition) is 4. The van der Waals surface area contributed by atoms with E-state index in [-0.39, 0.29) is 34.2 Å². The van der Waals surface area contributed by atoms with Gasteiger partial charge in [0.2, 0.25) is 0 Å². The lowest BCUT2D eigenvalue weighted by Crippen LogP contribution is -2.64. The number of aliphatic carboxylic acids is 1. The Morgan fingerprint density at radius 2 is 1.66 bits per heavy atom. The number of allylic oxidation sites excluding steroid dienone is 4. The fraction of sp³-hybridized carbons (Fsp3) is 0.833. The van der Waals surface area contributed by atoms with Crippen LogP contribution in [0.5, 0.6) is 0 Å². The van der Waals surface area contributed by atoms with Crippen LogP contribution in [0, 0.1) is 44.3 Å². The summed E-state index contributed by atoms with van der Waals surface area (Å²) in [7, 11) is 0. The van der Waals surface area contributed by atoms with Crippen LogP contribution in [0.2, 0.25) is 0 Å². The molecule has 0 aromatic rings. The minimum atomic E-state index is -1.15.